The van der Waals surface area contributed by atoms with Crippen LogP contribution in [-0.2, 0) is 28.4 Å². The molecule has 0 saturated carbocycles. The lowest BCUT2D eigenvalue weighted by Crippen LogP contribution is -2.15. The van der Waals surface area contributed by atoms with E-state index in [1.54, 1.807) is 0 Å². The SMILES string of the molecule is Brc1cc2c(cc1Br)OCCOCCOCCOCCOc1cccc3c(cccc13)OCCOCCOCCOCCO2. The van der Waals surface area contributed by atoms with Crippen molar-refractivity contribution in [3.8, 4) is 23.0 Å². The van der Waals surface area contributed by atoms with Crippen molar-refractivity contribution in [3.05, 3.63) is 57.5 Å². The van der Waals surface area contributed by atoms with Gasteiger partial charge in [0.25, 0.3) is 0 Å². The second-order valence-electron chi connectivity index (χ2n) is 9.39. The Kier molecular flexibility index (Phi) is 16.4. The molecule has 4 bridgehead atoms. The lowest BCUT2D eigenvalue weighted by atomic mass is 10.1. The first-order valence-electron chi connectivity index (χ1n) is 14.7. The first-order valence-corrected chi connectivity index (χ1v) is 16.3. The van der Waals surface area contributed by atoms with E-state index in [9.17, 15) is 0 Å². The zero-order valence-electron chi connectivity index (χ0n) is 24.8. The predicted octanol–water partition coefficient (Wildman–Crippen LogP) is 5.69. The number of benzene rings is 3. The molecule has 1 aliphatic heterocycles. The standard InChI is InChI=1S/C32H40Br2O10/c33-27-23-31-32(24-28(27)34)44-22-18-40-14-10-36-8-12-38-16-20-42-30-6-2-4-26-25(30)3-1-5-29(26)41-19-15-37-11-7-35-9-13-39-17-21-43-31/h1-6,23-24H,7-22H2. The third kappa shape index (κ3) is 12.3. The Hall–Kier alpha value is -2.16. The highest BCUT2D eigenvalue weighted by Gasteiger charge is 2.11. The van der Waals surface area contributed by atoms with E-state index in [-0.39, 0.29) is 0 Å². The smallest absolute Gasteiger partial charge is 0.162 e. The van der Waals surface area contributed by atoms with Gasteiger partial charge < -0.3 is 47.4 Å². The quantitative estimate of drug-likeness (QED) is 0.286. The van der Waals surface area contributed by atoms with Gasteiger partial charge in [-0.1, -0.05) is 24.3 Å². The van der Waals surface area contributed by atoms with Crippen LogP contribution < -0.4 is 18.9 Å². The number of halogens is 2. The zero-order valence-corrected chi connectivity index (χ0v) is 27.9. The summed E-state index contributed by atoms with van der Waals surface area (Å²) >= 11 is 7.03. The van der Waals surface area contributed by atoms with Crippen molar-refractivity contribution in [1.29, 1.82) is 0 Å². The number of fused-ring (bicyclic) bond motifs is 1. The van der Waals surface area contributed by atoms with Gasteiger partial charge in [-0.2, -0.15) is 0 Å². The second-order valence-corrected chi connectivity index (χ2v) is 11.1. The maximum absolute atomic E-state index is 6.00. The molecule has 3 aromatic carbocycles. The third-order valence-corrected chi connectivity index (χ3v) is 8.10. The Bertz CT molecular complexity index is 1150. The van der Waals surface area contributed by atoms with Gasteiger partial charge in [0.15, 0.2) is 11.5 Å². The van der Waals surface area contributed by atoms with Crippen LogP contribution in [0.15, 0.2) is 57.5 Å². The molecule has 1 heterocycles. The van der Waals surface area contributed by atoms with Crippen molar-refractivity contribution in [2.45, 2.75) is 0 Å². The molecule has 10 nitrogen and oxygen atoms in total. The molecule has 0 amide bonds. The van der Waals surface area contributed by atoms with Gasteiger partial charge in [-0.05, 0) is 56.1 Å². The van der Waals surface area contributed by atoms with Crippen LogP contribution in [0.25, 0.3) is 10.8 Å². The summed E-state index contributed by atoms with van der Waals surface area (Å²) in [5, 5.41) is 1.97. The zero-order chi connectivity index (χ0) is 30.7. The average Bonchev–Trinajstić information content (AvgIpc) is 3.03. The summed E-state index contributed by atoms with van der Waals surface area (Å²) in [5.74, 6) is 2.80. The van der Waals surface area contributed by atoms with Crippen LogP contribution in [0.4, 0.5) is 0 Å². The minimum atomic E-state index is 0.371. The lowest BCUT2D eigenvalue weighted by molar-refractivity contribution is 0.00371. The van der Waals surface area contributed by atoms with E-state index in [0.29, 0.717) is 117 Å². The van der Waals surface area contributed by atoms with Crippen LogP contribution in [0.1, 0.15) is 0 Å². The summed E-state index contributed by atoms with van der Waals surface area (Å²) in [5.41, 5.74) is 0. The fourth-order valence-electron chi connectivity index (χ4n) is 4.17. The minimum absolute atomic E-state index is 0.371. The molecular formula is C32H40Br2O10. The van der Waals surface area contributed by atoms with E-state index in [0.717, 1.165) is 31.2 Å². The predicted molar refractivity (Wildman–Crippen MR) is 173 cm³/mol. The number of hydrogen-bond acceptors (Lipinski definition) is 10. The van der Waals surface area contributed by atoms with Crippen molar-refractivity contribution in [2.75, 3.05) is 106 Å². The third-order valence-electron chi connectivity index (χ3n) is 6.26. The van der Waals surface area contributed by atoms with E-state index in [1.807, 2.05) is 48.5 Å². The van der Waals surface area contributed by atoms with E-state index < -0.39 is 0 Å². The molecule has 0 radical (unpaired) electrons. The van der Waals surface area contributed by atoms with E-state index in [1.165, 1.54) is 0 Å². The van der Waals surface area contributed by atoms with Gasteiger partial charge in [0.05, 0.1) is 79.3 Å². The van der Waals surface area contributed by atoms with Crippen molar-refractivity contribution < 1.29 is 47.4 Å². The van der Waals surface area contributed by atoms with Crippen molar-refractivity contribution in [3.63, 3.8) is 0 Å². The molecule has 0 aromatic heterocycles. The lowest BCUT2D eigenvalue weighted by Gasteiger charge is -2.15. The first-order chi connectivity index (χ1) is 21.7. The van der Waals surface area contributed by atoms with Gasteiger partial charge in [0.1, 0.15) is 37.9 Å². The number of hydrogen-bond donors (Lipinski definition) is 0. The number of ether oxygens (including phenoxy) is 10. The Morgan fingerprint density at radius 1 is 0.341 bits per heavy atom. The molecule has 0 N–H and O–H groups in total. The van der Waals surface area contributed by atoms with Crippen molar-refractivity contribution >= 4 is 42.6 Å². The highest BCUT2D eigenvalue weighted by atomic mass is 79.9. The molecule has 242 valence electrons. The van der Waals surface area contributed by atoms with Crippen LogP contribution in [0.3, 0.4) is 0 Å². The summed E-state index contributed by atoms with van der Waals surface area (Å²) in [6.07, 6.45) is 0. The van der Waals surface area contributed by atoms with Crippen LogP contribution >= 0.6 is 31.9 Å². The Morgan fingerprint density at radius 2 is 0.614 bits per heavy atom. The molecule has 4 rings (SSSR count). The van der Waals surface area contributed by atoms with Crippen molar-refractivity contribution in [1.82, 2.24) is 0 Å². The van der Waals surface area contributed by atoms with Gasteiger partial charge in [-0.3, -0.25) is 0 Å². The molecule has 0 unspecified atom stereocenters. The Labute approximate surface area is 275 Å². The van der Waals surface area contributed by atoms with E-state index in [2.05, 4.69) is 31.9 Å². The molecule has 1 aliphatic rings. The van der Waals surface area contributed by atoms with Crippen LogP contribution in [-0.4, -0.2) is 106 Å². The van der Waals surface area contributed by atoms with Gasteiger partial charge >= 0.3 is 0 Å². The van der Waals surface area contributed by atoms with Gasteiger partial charge in [-0.15, -0.1) is 0 Å². The summed E-state index contributed by atoms with van der Waals surface area (Å²) in [7, 11) is 0. The molecular weight excluding hydrogens is 704 g/mol. The maximum Gasteiger partial charge on any atom is 0.162 e. The van der Waals surface area contributed by atoms with Crippen LogP contribution in [0.5, 0.6) is 23.0 Å². The molecule has 0 fully saturated rings. The molecule has 0 spiro atoms. The van der Waals surface area contributed by atoms with Gasteiger partial charge in [-0.25, -0.2) is 0 Å². The number of rotatable bonds is 0. The van der Waals surface area contributed by atoms with Gasteiger partial charge in [0, 0.05) is 19.7 Å². The van der Waals surface area contributed by atoms with Crippen LogP contribution in [0, 0.1) is 0 Å². The van der Waals surface area contributed by atoms with Gasteiger partial charge in [0.2, 0.25) is 0 Å². The molecule has 0 saturated heterocycles. The molecule has 3 aromatic rings. The minimum Gasteiger partial charge on any atom is -0.491 e. The molecule has 12 heteroatoms. The molecule has 0 aliphatic carbocycles. The molecule has 0 atom stereocenters. The van der Waals surface area contributed by atoms with Crippen LogP contribution in [0.2, 0.25) is 0 Å². The Morgan fingerprint density at radius 3 is 0.932 bits per heavy atom. The second kappa shape index (κ2) is 20.8. The Balaban J connectivity index is 1.23. The highest BCUT2D eigenvalue weighted by molar-refractivity contribution is 9.13. The largest absolute Gasteiger partial charge is 0.491 e. The summed E-state index contributed by atoms with van der Waals surface area (Å²) < 4.78 is 59.4. The normalized spacial score (nSPS) is 18.3. The topological polar surface area (TPSA) is 92.3 Å². The van der Waals surface area contributed by atoms with E-state index in [4.69, 9.17) is 47.4 Å². The highest BCUT2D eigenvalue weighted by Crippen LogP contribution is 2.36. The summed E-state index contributed by atoms with van der Waals surface area (Å²) in [6, 6.07) is 15.6. The maximum atomic E-state index is 6.00. The average molecular weight is 744 g/mol. The fourth-order valence-corrected chi connectivity index (χ4v) is 4.81. The molecule has 44 heavy (non-hydrogen) atoms. The summed E-state index contributed by atoms with van der Waals surface area (Å²) in [6.45, 7) is 7.09. The van der Waals surface area contributed by atoms with Crippen molar-refractivity contribution in [2.24, 2.45) is 0 Å². The monoisotopic (exact) mass is 742 g/mol. The fraction of sp³-hybridized carbons (Fsp3) is 0.500. The summed E-state index contributed by atoms with van der Waals surface area (Å²) in [4.78, 5) is 0. The first kappa shape index (κ1) is 34.7. The van der Waals surface area contributed by atoms with E-state index >= 15 is 0 Å².